The van der Waals surface area contributed by atoms with E-state index in [1.54, 1.807) is 12.1 Å². The smallest absolute Gasteiger partial charge is 0.254 e. The number of pyridine rings is 1. The maximum absolute atomic E-state index is 13.5. The highest BCUT2D eigenvalue weighted by Crippen LogP contribution is 2.41. The standard InChI is InChI=1S/C23H24N4O3/c1-14(28)25-11-21-16-10-15(20-6-3-7-22(29)27(20)21)12-26(13-16)23(30)18-4-2-5-19-17(18)8-9-24-19/h2-9,15-16,21,24H,10-13H2,1H3,(H,25,28)/t15-,16+,21+/m1/s1. The Morgan fingerprint density at radius 3 is 2.80 bits per heavy atom. The third-order valence-corrected chi connectivity index (χ3v) is 6.47. The number of amides is 2. The van der Waals surface area contributed by atoms with Crippen LogP contribution in [0.3, 0.4) is 0 Å². The van der Waals surface area contributed by atoms with Gasteiger partial charge in [0.1, 0.15) is 0 Å². The third kappa shape index (κ3) is 3.01. The third-order valence-electron chi connectivity index (χ3n) is 6.47. The minimum atomic E-state index is -0.160. The van der Waals surface area contributed by atoms with Crippen molar-refractivity contribution in [3.05, 3.63) is 70.3 Å². The number of nitrogens with one attached hydrogen (secondary N) is 2. The molecule has 5 rings (SSSR count). The summed E-state index contributed by atoms with van der Waals surface area (Å²) in [6, 6.07) is 12.8. The summed E-state index contributed by atoms with van der Waals surface area (Å²) in [5.41, 5.74) is 2.54. The molecular weight excluding hydrogens is 380 g/mol. The molecule has 30 heavy (non-hydrogen) atoms. The minimum absolute atomic E-state index is 0.0138. The number of piperidine rings is 1. The van der Waals surface area contributed by atoms with Crippen LogP contribution in [0.1, 0.15) is 41.4 Å². The van der Waals surface area contributed by atoms with Gasteiger partial charge in [0.15, 0.2) is 0 Å². The van der Waals surface area contributed by atoms with E-state index in [0.717, 1.165) is 23.0 Å². The van der Waals surface area contributed by atoms with Gasteiger partial charge in [0, 0.05) is 66.9 Å². The van der Waals surface area contributed by atoms with Crippen molar-refractivity contribution in [3.8, 4) is 0 Å². The van der Waals surface area contributed by atoms with Gasteiger partial charge >= 0.3 is 0 Å². The summed E-state index contributed by atoms with van der Waals surface area (Å²) in [5.74, 6) is 0.114. The lowest BCUT2D eigenvalue weighted by Crippen LogP contribution is -2.53. The van der Waals surface area contributed by atoms with Crippen molar-refractivity contribution in [2.45, 2.75) is 25.3 Å². The average Bonchev–Trinajstić information content (AvgIpc) is 3.22. The Kier molecular flexibility index (Phi) is 4.46. The van der Waals surface area contributed by atoms with Gasteiger partial charge in [0.05, 0.1) is 6.04 Å². The number of aromatic amines is 1. The van der Waals surface area contributed by atoms with Crippen molar-refractivity contribution in [2.75, 3.05) is 19.6 Å². The van der Waals surface area contributed by atoms with Crippen molar-refractivity contribution in [1.82, 2.24) is 19.8 Å². The number of fused-ring (bicyclic) bond motifs is 5. The van der Waals surface area contributed by atoms with Gasteiger partial charge in [-0.2, -0.15) is 0 Å². The molecule has 0 spiro atoms. The zero-order valence-electron chi connectivity index (χ0n) is 16.8. The number of likely N-dealkylation sites (tertiary alicyclic amines) is 1. The SMILES string of the molecule is CC(=O)NC[C@H]1[C@H]2C[C@H](CN(C(=O)c3cccc4[nH]ccc34)C2)c2cccc(=O)n21. The summed E-state index contributed by atoms with van der Waals surface area (Å²) in [7, 11) is 0. The predicted octanol–water partition coefficient (Wildman–Crippen LogP) is 2.27. The van der Waals surface area contributed by atoms with Crippen LogP contribution < -0.4 is 10.9 Å². The van der Waals surface area contributed by atoms with E-state index in [0.29, 0.717) is 25.2 Å². The second-order valence-corrected chi connectivity index (χ2v) is 8.31. The van der Waals surface area contributed by atoms with Crippen molar-refractivity contribution in [1.29, 1.82) is 0 Å². The Balaban J connectivity index is 1.51. The number of nitrogens with zero attached hydrogens (tertiary/aromatic N) is 2. The molecule has 2 aliphatic heterocycles. The number of H-pyrrole nitrogens is 1. The first-order valence-electron chi connectivity index (χ1n) is 10.3. The van der Waals surface area contributed by atoms with E-state index >= 15 is 0 Å². The monoisotopic (exact) mass is 404 g/mol. The molecule has 0 unspecified atom stereocenters. The van der Waals surface area contributed by atoms with Crippen molar-refractivity contribution < 1.29 is 9.59 Å². The Labute approximate surface area is 173 Å². The quantitative estimate of drug-likeness (QED) is 0.702. The molecular formula is C23H24N4O3. The van der Waals surface area contributed by atoms with E-state index in [2.05, 4.69) is 10.3 Å². The molecule has 2 bridgehead atoms. The zero-order chi connectivity index (χ0) is 20.8. The summed E-state index contributed by atoms with van der Waals surface area (Å²) >= 11 is 0. The molecule has 1 saturated heterocycles. The molecule has 4 heterocycles. The van der Waals surface area contributed by atoms with Crippen LogP contribution in [-0.4, -0.2) is 45.9 Å². The Bertz CT molecular complexity index is 1190. The van der Waals surface area contributed by atoms with Gasteiger partial charge < -0.3 is 19.8 Å². The van der Waals surface area contributed by atoms with Crippen molar-refractivity contribution in [3.63, 3.8) is 0 Å². The number of rotatable bonds is 3. The van der Waals surface area contributed by atoms with Gasteiger partial charge in [-0.25, -0.2) is 0 Å². The summed E-state index contributed by atoms with van der Waals surface area (Å²) in [5, 5.41) is 3.80. The lowest BCUT2D eigenvalue weighted by molar-refractivity contribution is -0.119. The molecule has 2 aliphatic rings. The van der Waals surface area contributed by atoms with E-state index in [4.69, 9.17) is 0 Å². The molecule has 2 aromatic heterocycles. The van der Waals surface area contributed by atoms with E-state index in [-0.39, 0.29) is 35.3 Å². The van der Waals surface area contributed by atoms with Gasteiger partial charge in [-0.1, -0.05) is 12.1 Å². The van der Waals surface area contributed by atoms with Crippen LogP contribution in [0, 0.1) is 5.92 Å². The fraction of sp³-hybridized carbons (Fsp3) is 0.348. The number of carbonyl (C=O) groups excluding carboxylic acids is 2. The number of hydrogen-bond donors (Lipinski definition) is 2. The fourth-order valence-corrected chi connectivity index (χ4v) is 5.16. The second-order valence-electron chi connectivity index (χ2n) is 8.31. The highest BCUT2D eigenvalue weighted by atomic mass is 16.2. The number of hydrogen-bond acceptors (Lipinski definition) is 3. The zero-order valence-corrected chi connectivity index (χ0v) is 16.8. The maximum Gasteiger partial charge on any atom is 0.254 e. The highest BCUT2D eigenvalue weighted by molar-refractivity contribution is 6.06. The Hall–Kier alpha value is -3.35. The van der Waals surface area contributed by atoms with Crippen LogP contribution in [0.25, 0.3) is 10.9 Å². The molecule has 154 valence electrons. The fourth-order valence-electron chi connectivity index (χ4n) is 5.16. The molecule has 2 amide bonds. The molecule has 3 aromatic rings. The summed E-state index contributed by atoms with van der Waals surface area (Å²) in [6.07, 6.45) is 2.75. The first-order chi connectivity index (χ1) is 14.5. The normalized spacial score (nSPS) is 22.6. The summed E-state index contributed by atoms with van der Waals surface area (Å²) < 4.78 is 1.84. The van der Waals surface area contributed by atoms with Crippen molar-refractivity contribution >= 4 is 22.7 Å². The summed E-state index contributed by atoms with van der Waals surface area (Å²) in [4.78, 5) is 42.8. The second kappa shape index (κ2) is 7.16. The largest absolute Gasteiger partial charge is 0.361 e. The lowest BCUT2D eigenvalue weighted by Gasteiger charge is -2.47. The molecule has 2 N–H and O–H groups in total. The molecule has 7 nitrogen and oxygen atoms in total. The Morgan fingerprint density at radius 1 is 1.13 bits per heavy atom. The van der Waals surface area contributed by atoms with E-state index in [1.807, 2.05) is 46.0 Å². The van der Waals surface area contributed by atoms with Gasteiger partial charge in [-0.3, -0.25) is 14.4 Å². The number of carbonyl (C=O) groups is 2. The van der Waals surface area contributed by atoms with Crippen molar-refractivity contribution in [2.24, 2.45) is 5.92 Å². The number of aromatic nitrogens is 2. The van der Waals surface area contributed by atoms with Gasteiger partial charge in [-0.05, 0) is 36.6 Å². The first kappa shape index (κ1) is 18.7. The minimum Gasteiger partial charge on any atom is -0.361 e. The van der Waals surface area contributed by atoms with Crippen LogP contribution in [0.2, 0.25) is 0 Å². The molecule has 1 aromatic carbocycles. The first-order valence-corrected chi connectivity index (χ1v) is 10.3. The Morgan fingerprint density at radius 2 is 1.97 bits per heavy atom. The molecule has 3 atom stereocenters. The van der Waals surface area contributed by atoms with E-state index in [1.165, 1.54) is 6.92 Å². The highest BCUT2D eigenvalue weighted by Gasteiger charge is 2.42. The van der Waals surface area contributed by atoms with Crippen LogP contribution in [0.5, 0.6) is 0 Å². The number of benzene rings is 1. The van der Waals surface area contributed by atoms with Gasteiger partial charge in [-0.15, -0.1) is 0 Å². The maximum atomic E-state index is 13.5. The van der Waals surface area contributed by atoms with Gasteiger partial charge in [0.25, 0.3) is 11.5 Å². The molecule has 0 radical (unpaired) electrons. The van der Waals surface area contributed by atoms with Crippen LogP contribution in [0.15, 0.2) is 53.5 Å². The summed E-state index contributed by atoms with van der Waals surface area (Å²) in [6.45, 7) is 3.03. The van der Waals surface area contributed by atoms with Crippen LogP contribution in [0.4, 0.5) is 0 Å². The molecule has 7 heteroatoms. The van der Waals surface area contributed by atoms with E-state index < -0.39 is 0 Å². The topological polar surface area (TPSA) is 87.2 Å². The van der Waals surface area contributed by atoms with Crippen LogP contribution >= 0.6 is 0 Å². The molecule has 1 fully saturated rings. The molecule has 0 aliphatic carbocycles. The van der Waals surface area contributed by atoms with Crippen LogP contribution in [-0.2, 0) is 4.79 Å². The van der Waals surface area contributed by atoms with E-state index in [9.17, 15) is 14.4 Å². The average molecular weight is 404 g/mol. The van der Waals surface area contributed by atoms with Gasteiger partial charge in [0.2, 0.25) is 5.91 Å². The molecule has 0 saturated carbocycles. The predicted molar refractivity (Wildman–Crippen MR) is 113 cm³/mol. The lowest BCUT2D eigenvalue weighted by atomic mass is 9.78.